The molecular weight excluding hydrogens is 625 g/mol. The molecule has 2 aromatic carbocycles. The topological polar surface area (TPSA) is 101 Å². The molecule has 0 amide bonds. The molecule has 5 heterocycles. The Kier molecular flexibility index (Phi) is 5.58. The average molecular weight is 653 g/mol. The maximum atomic E-state index is 17.1. The number of rotatable bonds is 4. The molecule has 2 spiro atoms. The number of thiophene rings is 1. The first kappa shape index (κ1) is 27.8. The summed E-state index contributed by atoms with van der Waals surface area (Å²) in [6, 6.07) is 4.66. The zero-order chi connectivity index (χ0) is 31.0. The van der Waals surface area contributed by atoms with E-state index in [1.165, 1.54) is 12.1 Å². The van der Waals surface area contributed by atoms with Gasteiger partial charge in [0.05, 0.1) is 31.8 Å². The molecule has 2 saturated carbocycles. The van der Waals surface area contributed by atoms with Crippen molar-refractivity contribution in [2.45, 2.75) is 67.8 Å². The van der Waals surface area contributed by atoms with Crippen molar-refractivity contribution in [2.24, 2.45) is 0 Å². The third-order valence-corrected chi connectivity index (χ3v) is 12.3. The van der Waals surface area contributed by atoms with E-state index < -0.39 is 28.9 Å². The minimum atomic E-state index is -0.925. The Bertz CT molecular complexity index is 2020. The molecule has 2 atom stereocenters. The van der Waals surface area contributed by atoms with Crippen molar-refractivity contribution in [1.82, 2.24) is 14.9 Å². The average Bonchev–Trinajstić information content (AvgIpc) is 3.90. The minimum Gasteiger partial charge on any atom is -0.482 e. The second-order valence-corrected chi connectivity index (χ2v) is 14.6. The highest BCUT2D eigenvalue weighted by Crippen LogP contribution is 2.66. The van der Waals surface area contributed by atoms with Crippen LogP contribution in [0.25, 0.3) is 32.1 Å². The molecule has 3 aliphatic heterocycles. The SMILES string of the molecule is CN1c2nc(OC[C@@]34CCCN3C[C@H](F)C4)nc3c(F)c(-c4ccc(F)c5sc(N)c(C#N)c45)c(Cl)c(c23)OC2(CC2)C12CC2. The number of fused-ring (bicyclic) bond motifs is 3. The third-order valence-electron chi connectivity index (χ3n) is 10.9. The predicted octanol–water partition coefficient (Wildman–Crippen LogP) is 6.75. The molecule has 0 bridgehead atoms. The van der Waals surface area contributed by atoms with Gasteiger partial charge in [-0.25, -0.2) is 13.2 Å². The van der Waals surface area contributed by atoms with Crippen molar-refractivity contribution in [3.8, 4) is 29.0 Å². The van der Waals surface area contributed by atoms with Gasteiger partial charge in [-0.15, -0.1) is 11.3 Å². The van der Waals surface area contributed by atoms with Crippen LogP contribution in [0.3, 0.4) is 0 Å². The highest BCUT2D eigenvalue weighted by Gasteiger charge is 2.71. The normalized spacial score (nSPS) is 25.5. The first-order valence-corrected chi connectivity index (χ1v) is 16.4. The van der Waals surface area contributed by atoms with Crippen molar-refractivity contribution in [2.75, 3.05) is 37.4 Å². The molecule has 2 aliphatic carbocycles. The van der Waals surface area contributed by atoms with Gasteiger partial charge in [-0.1, -0.05) is 17.7 Å². The zero-order valence-electron chi connectivity index (χ0n) is 24.4. The number of nitriles is 1. The summed E-state index contributed by atoms with van der Waals surface area (Å²) >= 11 is 8.04. The summed E-state index contributed by atoms with van der Waals surface area (Å²) < 4.78 is 59.8. The van der Waals surface area contributed by atoms with Gasteiger partial charge in [0.15, 0.2) is 11.6 Å². The Balaban J connectivity index is 1.28. The van der Waals surface area contributed by atoms with Gasteiger partial charge in [-0.05, 0) is 56.7 Å². The van der Waals surface area contributed by atoms with E-state index in [9.17, 15) is 14.0 Å². The predicted molar refractivity (Wildman–Crippen MR) is 166 cm³/mol. The van der Waals surface area contributed by atoms with E-state index in [1.54, 1.807) is 0 Å². The number of benzene rings is 2. The molecule has 45 heavy (non-hydrogen) atoms. The van der Waals surface area contributed by atoms with Crippen molar-refractivity contribution < 1.29 is 22.6 Å². The second-order valence-electron chi connectivity index (χ2n) is 13.2. The Morgan fingerprint density at radius 2 is 2.00 bits per heavy atom. The Morgan fingerprint density at radius 1 is 1.20 bits per heavy atom. The Labute approximate surface area is 265 Å². The van der Waals surface area contributed by atoms with E-state index in [4.69, 9.17) is 31.8 Å². The summed E-state index contributed by atoms with van der Waals surface area (Å²) in [6.07, 6.45) is 4.56. The van der Waals surface area contributed by atoms with Crippen molar-refractivity contribution in [1.29, 1.82) is 5.26 Å². The van der Waals surface area contributed by atoms with Gasteiger partial charge in [0.2, 0.25) is 0 Å². The van der Waals surface area contributed by atoms with Crippen LogP contribution in [0.15, 0.2) is 12.1 Å². The van der Waals surface area contributed by atoms with Crippen molar-refractivity contribution in [3.05, 3.63) is 34.4 Å². The van der Waals surface area contributed by atoms with Crippen LogP contribution in [0.4, 0.5) is 24.0 Å². The largest absolute Gasteiger partial charge is 0.482 e. The smallest absolute Gasteiger partial charge is 0.319 e. The maximum Gasteiger partial charge on any atom is 0.319 e. The molecule has 5 aliphatic rings. The van der Waals surface area contributed by atoms with Crippen LogP contribution in [-0.4, -0.2) is 64.5 Å². The highest BCUT2D eigenvalue weighted by molar-refractivity contribution is 7.23. The number of halogens is 4. The number of alkyl halides is 1. The number of nitrogens with two attached hydrogens (primary N) is 1. The van der Waals surface area contributed by atoms with Gasteiger partial charge in [0.25, 0.3) is 0 Å². The molecule has 4 fully saturated rings. The summed E-state index contributed by atoms with van der Waals surface area (Å²) in [5, 5.41) is 10.6. The summed E-state index contributed by atoms with van der Waals surface area (Å²) in [5.74, 6) is -0.631. The van der Waals surface area contributed by atoms with Crippen LogP contribution in [-0.2, 0) is 0 Å². The number of anilines is 2. The highest BCUT2D eigenvalue weighted by atomic mass is 35.5. The Hall–Kier alpha value is -3.53. The molecule has 0 radical (unpaired) electrons. The lowest BCUT2D eigenvalue weighted by Crippen LogP contribution is -2.48. The molecule has 2 N–H and O–H groups in total. The van der Waals surface area contributed by atoms with Crippen LogP contribution in [0.2, 0.25) is 5.02 Å². The molecule has 9 rings (SSSR count). The molecule has 0 unspecified atom stereocenters. The molecular formula is C32H28ClF3N6O2S. The number of likely N-dealkylation sites (N-methyl/N-ethyl adjacent to an activating group) is 1. The van der Waals surface area contributed by atoms with E-state index in [1.807, 2.05) is 7.05 Å². The van der Waals surface area contributed by atoms with Gasteiger partial charge in [0.1, 0.15) is 46.6 Å². The van der Waals surface area contributed by atoms with Crippen LogP contribution >= 0.6 is 22.9 Å². The fourth-order valence-electron chi connectivity index (χ4n) is 8.42. The minimum absolute atomic E-state index is 0.00195. The number of aromatic nitrogens is 2. The first-order chi connectivity index (χ1) is 21.6. The van der Waals surface area contributed by atoms with E-state index in [0.717, 1.165) is 56.4 Å². The lowest BCUT2D eigenvalue weighted by molar-refractivity contribution is 0.107. The quantitative estimate of drug-likeness (QED) is 0.259. The van der Waals surface area contributed by atoms with Crippen molar-refractivity contribution in [3.63, 3.8) is 0 Å². The van der Waals surface area contributed by atoms with Gasteiger partial charge >= 0.3 is 6.01 Å². The van der Waals surface area contributed by atoms with Crippen LogP contribution < -0.4 is 20.1 Å². The third kappa shape index (κ3) is 3.57. The summed E-state index contributed by atoms with van der Waals surface area (Å²) in [5.41, 5.74) is 4.95. The number of ether oxygens (including phenoxy) is 2. The lowest BCUT2D eigenvalue weighted by atomic mass is 9.95. The monoisotopic (exact) mass is 652 g/mol. The number of nitrogens with zero attached hydrogens (tertiary/aromatic N) is 5. The van der Waals surface area contributed by atoms with E-state index in [0.29, 0.717) is 24.2 Å². The second kappa shape index (κ2) is 9.05. The lowest BCUT2D eigenvalue weighted by Gasteiger charge is -2.34. The fraction of sp³-hybridized carbons (Fsp3) is 0.469. The molecule has 2 aromatic heterocycles. The number of hydrogen-bond donors (Lipinski definition) is 1. The van der Waals surface area contributed by atoms with E-state index in [-0.39, 0.29) is 66.2 Å². The van der Waals surface area contributed by atoms with Crippen LogP contribution in [0, 0.1) is 23.0 Å². The van der Waals surface area contributed by atoms with Gasteiger partial charge in [-0.3, -0.25) is 4.90 Å². The zero-order valence-corrected chi connectivity index (χ0v) is 25.9. The van der Waals surface area contributed by atoms with Gasteiger partial charge in [0, 0.05) is 31.0 Å². The number of nitrogen functional groups attached to an aromatic ring is 1. The van der Waals surface area contributed by atoms with E-state index >= 15 is 4.39 Å². The van der Waals surface area contributed by atoms with E-state index in [2.05, 4.69) is 20.9 Å². The summed E-state index contributed by atoms with van der Waals surface area (Å²) in [7, 11) is 1.94. The van der Waals surface area contributed by atoms with Gasteiger partial charge in [-0.2, -0.15) is 15.2 Å². The summed E-state index contributed by atoms with van der Waals surface area (Å²) in [6.45, 7) is 1.37. The molecule has 4 aromatic rings. The standard InChI is InChI=1S/C32H28ClF3N6O2S/c1-41-28-21-24(39-29(40-28)43-14-30-5-2-10-42(30)13-15(34)11-30)23(36)20(22(33)25(21)44-32(8-9-32)31(41)6-7-31)16-3-4-18(35)26-19(16)17(12-37)27(38)45-26/h3-4,15H,2,5-11,13-14,38H2,1H3/t15-,30+/m1/s1. The summed E-state index contributed by atoms with van der Waals surface area (Å²) in [4.78, 5) is 13.7. The number of hydrogen-bond acceptors (Lipinski definition) is 9. The Morgan fingerprint density at radius 3 is 2.73 bits per heavy atom. The molecule has 8 nitrogen and oxygen atoms in total. The molecule has 232 valence electrons. The molecule has 2 saturated heterocycles. The molecule has 13 heteroatoms. The van der Waals surface area contributed by atoms with Gasteiger partial charge < -0.3 is 20.1 Å². The van der Waals surface area contributed by atoms with Crippen LogP contribution in [0.5, 0.6) is 11.8 Å². The van der Waals surface area contributed by atoms with Crippen LogP contribution in [0.1, 0.15) is 50.5 Å². The first-order valence-electron chi connectivity index (χ1n) is 15.2. The maximum absolute atomic E-state index is 17.1. The van der Waals surface area contributed by atoms with Crippen molar-refractivity contribution >= 4 is 54.7 Å². The fourth-order valence-corrected chi connectivity index (χ4v) is 9.69.